The number of benzene rings is 2. The molecule has 0 spiro atoms. The van der Waals surface area contributed by atoms with Crippen molar-refractivity contribution < 1.29 is 4.92 Å². The molecule has 0 saturated carbocycles. The number of hydrogen-bond donors (Lipinski definition) is 1. The van der Waals surface area contributed by atoms with Crippen molar-refractivity contribution in [3.63, 3.8) is 0 Å². The SMILES string of the molecule is O=[N+]([O-])c1cnc(Sc2nnc(/C=C/C=C\S)n2-c2ccccc2-c2ccccc2)s1. The molecular formula is C21H15N5O2S3. The van der Waals surface area contributed by atoms with E-state index in [-0.39, 0.29) is 5.00 Å². The third kappa shape index (κ3) is 4.76. The summed E-state index contributed by atoms with van der Waals surface area (Å²) in [5, 5.41) is 21.8. The van der Waals surface area contributed by atoms with Crippen LogP contribution in [0, 0.1) is 10.1 Å². The van der Waals surface area contributed by atoms with E-state index >= 15 is 0 Å². The highest BCUT2D eigenvalue weighted by Crippen LogP contribution is 2.36. The molecule has 0 bridgehead atoms. The van der Waals surface area contributed by atoms with Gasteiger partial charge in [0, 0.05) is 5.56 Å². The van der Waals surface area contributed by atoms with Gasteiger partial charge in [0.25, 0.3) is 0 Å². The molecule has 0 aliphatic carbocycles. The molecule has 10 heteroatoms. The zero-order valence-electron chi connectivity index (χ0n) is 15.9. The maximum atomic E-state index is 11.0. The molecule has 0 aliphatic rings. The van der Waals surface area contributed by atoms with Gasteiger partial charge < -0.3 is 0 Å². The largest absolute Gasteiger partial charge is 0.344 e. The van der Waals surface area contributed by atoms with Gasteiger partial charge in [0.05, 0.1) is 10.6 Å². The average molecular weight is 466 g/mol. The Kier molecular flexibility index (Phi) is 6.60. The van der Waals surface area contributed by atoms with Crippen LogP contribution in [-0.4, -0.2) is 24.7 Å². The predicted octanol–water partition coefficient (Wildman–Crippen LogP) is 5.91. The lowest BCUT2D eigenvalue weighted by Crippen LogP contribution is -2.01. The maximum Gasteiger partial charge on any atom is 0.344 e. The van der Waals surface area contributed by atoms with E-state index in [1.165, 1.54) is 18.0 Å². The molecule has 0 aliphatic heterocycles. The van der Waals surface area contributed by atoms with Crippen molar-refractivity contribution in [3.8, 4) is 16.8 Å². The first-order chi connectivity index (χ1) is 15.2. The summed E-state index contributed by atoms with van der Waals surface area (Å²) in [5.74, 6) is 0.614. The van der Waals surface area contributed by atoms with Crippen molar-refractivity contribution in [2.75, 3.05) is 0 Å². The predicted molar refractivity (Wildman–Crippen MR) is 127 cm³/mol. The number of thiazole rings is 1. The lowest BCUT2D eigenvalue weighted by Gasteiger charge is -2.13. The minimum Gasteiger partial charge on any atom is -0.270 e. The Balaban J connectivity index is 1.84. The lowest BCUT2D eigenvalue weighted by atomic mass is 10.0. The maximum absolute atomic E-state index is 11.0. The summed E-state index contributed by atoms with van der Waals surface area (Å²) in [4.78, 5) is 14.7. The Labute approximate surface area is 191 Å². The number of nitrogens with zero attached hydrogens (tertiary/aromatic N) is 5. The van der Waals surface area contributed by atoms with Gasteiger partial charge >= 0.3 is 5.00 Å². The van der Waals surface area contributed by atoms with Crippen LogP contribution in [0.3, 0.4) is 0 Å². The molecule has 0 unspecified atom stereocenters. The first kappa shape index (κ1) is 21.0. The normalized spacial score (nSPS) is 11.5. The molecule has 0 atom stereocenters. The van der Waals surface area contributed by atoms with Crippen molar-refractivity contribution in [1.29, 1.82) is 0 Å². The fourth-order valence-electron chi connectivity index (χ4n) is 2.86. The Hall–Kier alpha value is -3.21. The van der Waals surface area contributed by atoms with Crippen molar-refractivity contribution in [3.05, 3.63) is 94.3 Å². The van der Waals surface area contributed by atoms with Crippen LogP contribution in [0.2, 0.25) is 0 Å². The molecular weight excluding hydrogens is 450 g/mol. The average Bonchev–Trinajstić information content (AvgIpc) is 3.42. The van der Waals surface area contributed by atoms with Gasteiger partial charge in [-0.3, -0.25) is 14.7 Å². The first-order valence-electron chi connectivity index (χ1n) is 9.03. The summed E-state index contributed by atoms with van der Waals surface area (Å²) in [7, 11) is 0. The Morgan fingerprint density at radius 2 is 1.84 bits per heavy atom. The van der Waals surface area contributed by atoms with Crippen LogP contribution in [0.15, 0.2) is 87.9 Å². The molecule has 0 fully saturated rings. The zero-order chi connectivity index (χ0) is 21.6. The number of nitro groups is 1. The second-order valence-electron chi connectivity index (χ2n) is 6.08. The molecule has 0 radical (unpaired) electrons. The molecule has 2 heterocycles. The number of allylic oxidation sites excluding steroid dienone is 2. The van der Waals surface area contributed by atoms with Crippen LogP contribution in [0.5, 0.6) is 0 Å². The molecule has 31 heavy (non-hydrogen) atoms. The smallest absolute Gasteiger partial charge is 0.270 e. The Morgan fingerprint density at radius 1 is 1.06 bits per heavy atom. The Morgan fingerprint density at radius 3 is 2.58 bits per heavy atom. The highest BCUT2D eigenvalue weighted by atomic mass is 32.2. The standard InChI is InChI=1S/C21H15N5O2S3/c27-26(28)19-14-22-21(30-19)31-20-24-23-18(12-6-7-13-29)25(20)17-11-5-4-10-16(17)15-8-2-1-3-9-15/h1-14,29H/b12-6+,13-7-. The summed E-state index contributed by atoms with van der Waals surface area (Å²) >= 11 is 6.32. The lowest BCUT2D eigenvalue weighted by molar-refractivity contribution is -0.380. The summed E-state index contributed by atoms with van der Waals surface area (Å²) in [6.45, 7) is 0. The van der Waals surface area contributed by atoms with E-state index in [0.717, 1.165) is 28.2 Å². The van der Waals surface area contributed by atoms with E-state index in [1.54, 1.807) is 11.5 Å². The van der Waals surface area contributed by atoms with Crippen LogP contribution in [0.25, 0.3) is 22.9 Å². The van der Waals surface area contributed by atoms with E-state index in [2.05, 4.69) is 27.8 Å². The van der Waals surface area contributed by atoms with Crippen molar-refractivity contribution in [1.82, 2.24) is 19.7 Å². The van der Waals surface area contributed by atoms with Crippen LogP contribution in [-0.2, 0) is 0 Å². The van der Waals surface area contributed by atoms with E-state index in [4.69, 9.17) is 0 Å². The minimum absolute atomic E-state index is 0.0164. The zero-order valence-corrected chi connectivity index (χ0v) is 18.4. The molecule has 4 aromatic rings. The van der Waals surface area contributed by atoms with E-state index in [0.29, 0.717) is 15.3 Å². The summed E-state index contributed by atoms with van der Waals surface area (Å²) in [6.07, 6.45) is 6.68. The van der Waals surface area contributed by atoms with Gasteiger partial charge in [-0.25, -0.2) is 4.98 Å². The number of thiol groups is 1. The van der Waals surface area contributed by atoms with Crippen molar-refractivity contribution in [2.45, 2.75) is 9.50 Å². The topological polar surface area (TPSA) is 86.7 Å². The van der Waals surface area contributed by atoms with Gasteiger partial charge in [-0.2, -0.15) is 12.6 Å². The number of hydrogen-bond acceptors (Lipinski definition) is 8. The van der Waals surface area contributed by atoms with Crippen LogP contribution in [0.1, 0.15) is 5.82 Å². The Bertz CT molecular complexity index is 1270. The van der Waals surface area contributed by atoms with Gasteiger partial charge in [-0.15, -0.1) is 10.2 Å². The van der Waals surface area contributed by atoms with E-state index in [1.807, 2.05) is 71.3 Å². The third-order valence-electron chi connectivity index (χ3n) is 4.16. The van der Waals surface area contributed by atoms with Crippen LogP contribution in [0.4, 0.5) is 5.00 Å². The van der Waals surface area contributed by atoms with Crippen molar-refractivity contribution >= 4 is 46.8 Å². The molecule has 2 aromatic carbocycles. The number of aromatic nitrogens is 4. The number of para-hydroxylation sites is 1. The van der Waals surface area contributed by atoms with Gasteiger partial charge in [0.2, 0.25) is 5.16 Å². The fraction of sp³-hybridized carbons (Fsp3) is 0. The molecule has 154 valence electrons. The van der Waals surface area contributed by atoms with E-state index in [9.17, 15) is 10.1 Å². The summed E-state index contributed by atoms with van der Waals surface area (Å²) in [5.41, 5.74) is 2.95. The summed E-state index contributed by atoms with van der Waals surface area (Å²) in [6, 6.07) is 18.0. The molecule has 4 rings (SSSR count). The highest BCUT2D eigenvalue weighted by Gasteiger charge is 2.20. The molecule has 7 nitrogen and oxygen atoms in total. The minimum atomic E-state index is -0.449. The highest BCUT2D eigenvalue weighted by molar-refractivity contribution is 8.01. The van der Waals surface area contributed by atoms with Crippen molar-refractivity contribution in [2.24, 2.45) is 0 Å². The monoisotopic (exact) mass is 465 g/mol. The quantitative estimate of drug-likeness (QED) is 0.158. The second-order valence-corrected chi connectivity index (χ2v) is 8.61. The van der Waals surface area contributed by atoms with Gasteiger partial charge in [-0.05, 0) is 46.2 Å². The van der Waals surface area contributed by atoms with E-state index < -0.39 is 4.92 Å². The first-order valence-corrected chi connectivity index (χ1v) is 11.2. The third-order valence-corrected chi connectivity index (χ3v) is 6.30. The second kappa shape index (κ2) is 9.73. The molecule has 0 saturated heterocycles. The van der Waals surface area contributed by atoms with Gasteiger partial charge in [0.1, 0.15) is 6.20 Å². The fourth-order valence-corrected chi connectivity index (χ4v) is 4.70. The molecule has 2 aromatic heterocycles. The number of rotatable bonds is 7. The van der Waals surface area contributed by atoms with Gasteiger partial charge in [-0.1, -0.05) is 60.7 Å². The summed E-state index contributed by atoms with van der Waals surface area (Å²) < 4.78 is 2.44. The van der Waals surface area contributed by atoms with Gasteiger partial charge in [0.15, 0.2) is 10.2 Å². The molecule has 0 amide bonds. The van der Waals surface area contributed by atoms with Crippen LogP contribution < -0.4 is 0 Å². The molecule has 0 N–H and O–H groups in total. The van der Waals surface area contributed by atoms with Crippen LogP contribution >= 0.6 is 35.7 Å².